The molecule has 0 spiro atoms. The summed E-state index contributed by atoms with van der Waals surface area (Å²) >= 11 is 12.1. The van der Waals surface area contributed by atoms with E-state index in [9.17, 15) is 0 Å². The molecule has 0 radical (unpaired) electrons. The van der Waals surface area contributed by atoms with Gasteiger partial charge in [-0.1, -0.05) is 46.6 Å². The van der Waals surface area contributed by atoms with Crippen molar-refractivity contribution in [2.24, 2.45) is 0 Å². The maximum atomic E-state index is 6.19. The molecule has 0 saturated heterocycles. The van der Waals surface area contributed by atoms with Gasteiger partial charge >= 0.3 is 0 Å². The first-order valence-corrected chi connectivity index (χ1v) is 9.27. The van der Waals surface area contributed by atoms with E-state index in [1.165, 1.54) is 14.7 Å². The van der Waals surface area contributed by atoms with Crippen molar-refractivity contribution in [1.82, 2.24) is 5.32 Å². The molecule has 2 aromatic carbocycles. The minimum absolute atomic E-state index is 0.278. The molecule has 2 rings (SSSR count). The van der Waals surface area contributed by atoms with Crippen molar-refractivity contribution < 1.29 is 0 Å². The summed E-state index contributed by atoms with van der Waals surface area (Å²) in [7, 11) is 0. The highest BCUT2D eigenvalue weighted by Crippen LogP contribution is 2.26. The SMILES string of the molecule is CCCNC(Cc1ccc(I)cc1)c1cc(Cl)cc(Br)c1. The van der Waals surface area contributed by atoms with E-state index in [4.69, 9.17) is 11.6 Å². The molecule has 0 saturated carbocycles. The van der Waals surface area contributed by atoms with Crippen LogP contribution in [0.4, 0.5) is 0 Å². The van der Waals surface area contributed by atoms with Crippen LogP contribution in [0.1, 0.15) is 30.5 Å². The lowest BCUT2D eigenvalue weighted by molar-refractivity contribution is 0.529. The lowest BCUT2D eigenvalue weighted by atomic mass is 9.99. The molecule has 4 heteroatoms. The van der Waals surface area contributed by atoms with Crippen LogP contribution in [0.25, 0.3) is 0 Å². The number of benzene rings is 2. The van der Waals surface area contributed by atoms with Crippen LogP contribution in [-0.2, 0) is 6.42 Å². The van der Waals surface area contributed by atoms with E-state index in [1.807, 2.05) is 12.1 Å². The monoisotopic (exact) mass is 477 g/mol. The molecule has 0 fully saturated rings. The Morgan fingerprint density at radius 1 is 1.19 bits per heavy atom. The predicted octanol–water partition coefficient (Wildman–Crippen LogP) is 5.99. The van der Waals surface area contributed by atoms with Gasteiger partial charge < -0.3 is 5.32 Å². The molecule has 0 aliphatic rings. The number of rotatable bonds is 6. The molecule has 112 valence electrons. The van der Waals surface area contributed by atoms with Crippen molar-refractivity contribution in [2.75, 3.05) is 6.54 Å². The predicted molar refractivity (Wildman–Crippen MR) is 103 cm³/mol. The van der Waals surface area contributed by atoms with Crippen LogP contribution in [-0.4, -0.2) is 6.54 Å². The molecule has 0 heterocycles. The van der Waals surface area contributed by atoms with E-state index in [2.05, 4.69) is 81.1 Å². The molecule has 0 aliphatic carbocycles. The molecule has 0 amide bonds. The van der Waals surface area contributed by atoms with Gasteiger partial charge in [0, 0.05) is 19.1 Å². The van der Waals surface area contributed by atoms with E-state index < -0.39 is 0 Å². The van der Waals surface area contributed by atoms with Gasteiger partial charge in [-0.05, 0) is 83.4 Å². The van der Waals surface area contributed by atoms with Crippen LogP contribution < -0.4 is 5.32 Å². The van der Waals surface area contributed by atoms with Crippen LogP contribution >= 0.6 is 50.1 Å². The summed E-state index contributed by atoms with van der Waals surface area (Å²) in [6, 6.07) is 15.1. The lowest BCUT2D eigenvalue weighted by Crippen LogP contribution is -2.24. The second kappa shape index (κ2) is 8.51. The first kappa shape index (κ1) is 17.3. The Balaban J connectivity index is 2.22. The topological polar surface area (TPSA) is 12.0 Å². The largest absolute Gasteiger partial charge is 0.310 e. The van der Waals surface area contributed by atoms with E-state index in [0.29, 0.717) is 0 Å². The van der Waals surface area contributed by atoms with Crippen molar-refractivity contribution in [1.29, 1.82) is 0 Å². The molecule has 0 aromatic heterocycles. The molecule has 0 aliphatic heterocycles. The Morgan fingerprint density at radius 3 is 2.52 bits per heavy atom. The van der Waals surface area contributed by atoms with Gasteiger partial charge in [-0.15, -0.1) is 0 Å². The second-order valence-corrected chi connectivity index (χ2v) is 7.64. The number of hydrogen-bond acceptors (Lipinski definition) is 1. The van der Waals surface area contributed by atoms with Crippen molar-refractivity contribution >= 4 is 50.1 Å². The fraction of sp³-hybridized carbons (Fsp3) is 0.294. The summed E-state index contributed by atoms with van der Waals surface area (Å²) < 4.78 is 2.29. The maximum absolute atomic E-state index is 6.19. The van der Waals surface area contributed by atoms with Gasteiger partial charge in [0.25, 0.3) is 0 Å². The molecule has 21 heavy (non-hydrogen) atoms. The first-order chi connectivity index (χ1) is 10.1. The highest BCUT2D eigenvalue weighted by molar-refractivity contribution is 14.1. The molecule has 1 N–H and O–H groups in total. The highest BCUT2D eigenvalue weighted by atomic mass is 127. The van der Waals surface area contributed by atoms with Crippen LogP contribution in [0.3, 0.4) is 0 Å². The standard InChI is InChI=1S/C17H18BrClIN/c1-2-7-21-17(8-12-3-5-16(20)6-4-12)13-9-14(18)11-15(19)10-13/h3-6,9-11,17,21H,2,7-8H2,1H3. The summed E-state index contributed by atoms with van der Waals surface area (Å²) in [5.74, 6) is 0. The molecule has 0 bridgehead atoms. The molecule has 1 atom stereocenters. The third kappa shape index (κ3) is 5.55. The summed E-state index contributed by atoms with van der Waals surface area (Å²) in [4.78, 5) is 0. The Kier molecular flexibility index (Phi) is 6.99. The van der Waals surface area contributed by atoms with Crippen LogP contribution in [0, 0.1) is 3.57 Å². The van der Waals surface area contributed by atoms with Crippen molar-refractivity contribution in [3.63, 3.8) is 0 Å². The van der Waals surface area contributed by atoms with Crippen molar-refractivity contribution in [3.05, 3.63) is 66.7 Å². The quantitative estimate of drug-likeness (QED) is 0.503. The third-order valence-corrected chi connectivity index (χ3v) is 4.68. The van der Waals surface area contributed by atoms with Gasteiger partial charge in [0.15, 0.2) is 0 Å². The fourth-order valence-corrected chi connectivity index (χ4v) is 3.50. The summed E-state index contributed by atoms with van der Waals surface area (Å²) in [6.07, 6.45) is 2.08. The molecule has 1 unspecified atom stereocenters. The van der Waals surface area contributed by atoms with Gasteiger partial charge in [0.2, 0.25) is 0 Å². The number of halogens is 3. The lowest BCUT2D eigenvalue weighted by Gasteiger charge is -2.20. The van der Waals surface area contributed by atoms with Crippen molar-refractivity contribution in [3.8, 4) is 0 Å². The Morgan fingerprint density at radius 2 is 1.90 bits per heavy atom. The molecular weight excluding hydrogens is 460 g/mol. The Hall–Kier alpha value is -0.100. The summed E-state index contributed by atoms with van der Waals surface area (Å²) in [5.41, 5.74) is 2.56. The van der Waals surface area contributed by atoms with Gasteiger partial charge in [-0.3, -0.25) is 0 Å². The van der Waals surface area contributed by atoms with E-state index in [0.717, 1.165) is 28.9 Å². The first-order valence-electron chi connectivity index (χ1n) is 7.02. The van der Waals surface area contributed by atoms with Gasteiger partial charge in [-0.25, -0.2) is 0 Å². The average Bonchev–Trinajstić information content (AvgIpc) is 2.44. The Bertz CT molecular complexity index is 566. The average molecular weight is 479 g/mol. The third-order valence-electron chi connectivity index (χ3n) is 3.28. The maximum Gasteiger partial charge on any atom is 0.0420 e. The summed E-state index contributed by atoms with van der Waals surface area (Å²) in [5, 5.41) is 4.39. The highest BCUT2D eigenvalue weighted by Gasteiger charge is 2.13. The zero-order valence-electron chi connectivity index (χ0n) is 11.9. The van der Waals surface area contributed by atoms with E-state index >= 15 is 0 Å². The molecule has 1 nitrogen and oxygen atoms in total. The number of nitrogens with one attached hydrogen (secondary N) is 1. The van der Waals surface area contributed by atoms with Crippen LogP contribution in [0.15, 0.2) is 46.9 Å². The van der Waals surface area contributed by atoms with E-state index in [1.54, 1.807) is 0 Å². The van der Waals surface area contributed by atoms with Gasteiger partial charge in [0.05, 0.1) is 0 Å². The van der Waals surface area contributed by atoms with Crippen molar-refractivity contribution in [2.45, 2.75) is 25.8 Å². The normalized spacial score (nSPS) is 12.4. The minimum atomic E-state index is 0.278. The number of hydrogen-bond donors (Lipinski definition) is 1. The Labute approximate surface area is 153 Å². The zero-order valence-corrected chi connectivity index (χ0v) is 16.4. The van der Waals surface area contributed by atoms with Crippen LogP contribution in [0.5, 0.6) is 0 Å². The minimum Gasteiger partial charge on any atom is -0.310 e. The smallest absolute Gasteiger partial charge is 0.0420 e. The second-order valence-electron chi connectivity index (χ2n) is 5.04. The zero-order chi connectivity index (χ0) is 15.2. The fourth-order valence-electron chi connectivity index (χ4n) is 2.26. The van der Waals surface area contributed by atoms with Crippen LogP contribution in [0.2, 0.25) is 5.02 Å². The summed E-state index contributed by atoms with van der Waals surface area (Å²) in [6.45, 7) is 3.18. The van der Waals surface area contributed by atoms with Gasteiger partial charge in [-0.2, -0.15) is 0 Å². The molecular formula is C17H18BrClIN. The van der Waals surface area contributed by atoms with E-state index in [-0.39, 0.29) is 6.04 Å². The van der Waals surface area contributed by atoms with Gasteiger partial charge in [0.1, 0.15) is 0 Å². The molecule has 2 aromatic rings.